The molecule has 0 aliphatic carbocycles. The van der Waals surface area contributed by atoms with E-state index in [-0.39, 0.29) is 0 Å². The molecule has 0 unspecified atom stereocenters. The van der Waals surface area contributed by atoms with Gasteiger partial charge >= 0.3 is 0 Å². The number of hydrogen-bond acceptors (Lipinski definition) is 5. The SMILES string of the molecule is Nc1ccccc1N.Nc1ncccc1-c1nc2ccccc2[nH]1. The lowest BCUT2D eigenvalue weighted by atomic mass is 10.2. The number of H-pyrrole nitrogens is 1. The van der Waals surface area contributed by atoms with Crippen molar-refractivity contribution < 1.29 is 0 Å². The Balaban J connectivity index is 0.000000179. The molecule has 0 aliphatic rings. The molecule has 0 spiro atoms. The van der Waals surface area contributed by atoms with Crippen molar-refractivity contribution in [2.45, 2.75) is 0 Å². The largest absolute Gasteiger partial charge is 0.397 e. The fraction of sp³-hybridized carbons (Fsp3) is 0. The summed E-state index contributed by atoms with van der Waals surface area (Å²) in [5.41, 5.74) is 20.6. The highest BCUT2D eigenvalue weighted by Crippen LogP contribution is 2.23. The minimum absolute atomic E-state index is 0.488. The number of anilines is 3. The van der Waals surface area contributed by atoms with Gasteiger partial charge in [-0.1, -0.05) is 24.3 Å². The number of fused-ring (bicyclic) bond motifs is 1. The van der Waals surface area contributed by atoms with Crippen LogP contribution in [0.3, 0.4) is 0 Å². The molecule has 0 amide bonds. The molecule has 0 saturated carbocycles. The maximum absolute atomic E-state index is 5.80. The number of hydrogen-bond donors (Lipinski definition) is 4. The van der Waals surface area contributed by atoms with E-state index in [1.165, 1.54) is 0 Å². The molecule has 2 aromatic carbocycles. The number of rotatable bonds is 1. The molecule has 0 aliphatic heterocycles. The number of nitrogens with zero attached hydrogens (tertiary/aromatic N) is 2. The van der Waals surface area contributed by atoms with Crippen LogP contribution in [0.15, 0.2) is 66.9 Å². The summed E-state index contributed by atoms with van der Waals surface area (Å²) in [5.74, 6) is 1.24. The number of aromatic nitrogens is 3. The summed E-state index contributed by atoms with van der Waals surface area (Å²) in [7, 11) is 0. The van der Waals surface area contributed by atoms with E-state index in [1.807, 2.05) is 48.5 Å². The van der Waals surface area contributed by atoms with Crippen LogP contribution in [0, 0.1) is 0 Å². The third-order valence-electron chi connectivity index (χ3n) is 3.48. The molecule has 6 nitrogen and oxygen atoms in total. The number of nitrogen functional groups attached to an aromatic ring is 3. The summed E-state index contributed by atoms with van der Waals surface area (Å²) in [4.78, 5) is 11.7. The van der Waals surface area contributed by atoms with Crippen LogP contribution in [0.5, 0.6) is 0 Å². The molecule has 4 rings (SSSR count). The van der Waals surface area contributed by atoms with Crippen molar-refractivity contribution >= 4 is 28.2 Å². The van der Waals surface area contributed by atoms with E-state index in [0.29, 0.717) is 17.2 Å². The molecule has 0 fully saturated rings. The summed E-state index contributed by atoms with van der Waals surface area (Å²) in [6.07, 6.45) is 1.67. The van der Waals surface area contributed by atoms with Crippen LogP contribution in [0.1, 0.15) is 0 Å². The van der Waals surface area contributed by atoms with Crippen LogP contribution in [0.4, 0.5) is 17.2 Å². The van der Waals surface area contributed by atoms with Gasteiger partial charge in [-0.25, -0.2) is 9.97 Å². The van der Waals surface area contributed by atoms with Crippen molar-refractivity contribution in [3.05, 3.63) is 66.9 Å². The predicted octanol–water partition coefficient (Wildman–Crippen LogP) is 3.06. The van der Waals surface area contributed by atoms with E-state index >= 15 is 0 Å². The topological polar surface area (TPSA) is 120 Å². The minimum atomic E-state index is 0.488. The van der Waals surface area contributed by atoms with Crippen molar-refractivity contribution in [3.63, 3.8) is 0 Å². The van der Waals surface area contributed by atoms with Crippen LogP contribution >= 0.6 is 0 Å². The molecular weight excluding hydrogens is 300 g/mol. The van der Waals surface area contributed by atoms with Crippen molar-refractivity contribution in [1.29, 1.82) is 0 Å². The van der Waals surface area contributed by atoms with Gasteiger partial charge in [-0.15, -0.1) is 0 Å². The van der Waals surface area contributed by atoms with Gasteiger partial charge in [0.1, 0.15) is 11.6 Å². The summed E-state index contributed by atoms with van der Waals surface area (Å²) < 4.78 is 0. The lowest BCUT2D eigenvalue weighted by Crippen LogP contribution is -1.93. The summed E-state index contributed by atoms with van der Waals surface area (Å²) in [5, 5.41) is 0. The highest BCUT2D eigenvalue weighted by molar-refractivity contribution is 5.81. The van der Waals surface area contributed by atoms with Crippen molar-refractivity contribution in [2.24, 2.45) is 0 Å². The molecule has 7 N–H and O–H groups in total. The van der Waals surface area contributed by atoms with Crippen LogP contribution in [0.25, 0.3) is 22.4 Å². The van der Waals surface area contributed by atoms with Gasteiger partial charge in [0.25, 0.3) is 0 Å². The Kier molecular flexibility index (Phi) is 4.29. The maximum Gasteiger partial charge on any atom is 0.142 e. The second-order valence-electron chi connectivity index (χ2n) is 5.17. The molecule has 0 saturated heterocycles. The monoisotopic (exact) mass is 318 g/mol. The van der Waals surface area contributed by atoms with Crippen LogP contribution in [0.2, 0.25) is 0 Å². The Morgan fingerprint density at radius 3 is 2.04 bits per heavy atom. The number of nitrogens with two attached hydrogens (primary N) is 3. The zero-order valence-corrected chi connectivity index (χ0v) is 13.0. The van der Waals surface area contributed by atoms with Crippen molar-refractivity contribution in [1.82, 2.24) is 15.0 Å². The average Bonchev–Trinajstić information content (AvgIpc) is 3.02. The smallest absolute Gasteiger partial charge is 0.142 e. The molecule has 0 radical (unpaired) electrons. The van der Waals surface area contributed by atoms with Crippen LogP contribution < -0.4 is 17.2 Å². The third kappa shape index (κ3) is 3.27. The Morgan fingerprint density at radius 1 is 0.750 bits per heavy atom. The summed E-state index contributed by atoms with van der Waals surface area (Å²) in [6, 6.07) is 18.9. The molecule has 2 heterocycles. The first kappa shape index (κ1) is 15.4. The van der Waals surface area contributed by atoms with E-state index in [0.717, 1.165) is 22.4 Å². The highest BCUT2D eigenvalue weighted by Gasteiger charge is 2.07. The van der Waals surface area contributed by atoms with Crippen molar-refractivity contribution in [2.75, 3.05) is 17.2 Å². The Hall–Kier alpha value is -3.54. The molecule has 4 aromatic rings. The third-order valence-corrected chi connectivity index (χ3v) is 3.48. The Labute approximate surface area is 139 Å². The molecule has 0 atom stereocenters. The van der Waals surface area contributed by atoms with Gasteiger partial charge in [-0.05, 0) is 36.4 Å². The van der Waals surface area contributed by atoms with Gasteiger partial charge in [0.2, 0.25) is 0 Å². The molecular formula is C18H18N6. The Morgan fingerprint density at radius 2 is 1.42 bits per heavy atom. The first-order valence-corrected chi connectivity index (χ1v) is 7.41. The number of pyridine rings is 1. The van der Waals surface area contributed by atoms with E-state index in [9.17, 15) is 0 Å². The van der Waals surface area contributed by atoms with E-state index in [2.05, 4.69) is 15.0 Å². The molecule has 0 bridgehead atoms. The number of benzene rings is 2. The lowest BCUT2D eigenvalue weighted by molar-refractivity contribution is 1.28. The molecule has 6 heteroatoms. The van der Waals surface area contributed by atoms with E-state index in [1.54, 1.807) is 18.3 Å². The molecule has 2 aromatic heterocycles. The normalized spacial score (nSPS) is 10.2. The molecule has 120 valence electrons. The van der Waals surface area contributed by atoms with E-state index < -0.39 is 0 Å². The van der Waals surface area contributed by atoms with Gasteiger partial charge in [0, 0.05) is 6.20 Å². The second-order valence-corrected chi connectivity index (χ2v) is 5.17. The number of para-hydroxylation sites is 4. The fourth-order valence-electron chi connectivity index (χ4n) is 2.21. The van der Waals surface area contributed by atoms with Gasteiger partial charge in [-0.2, -0.15) is 0 Å². The summed E-state index contributed by atoms with van der Waals surface area (Å²) >= 11 is 0. The van der Waals surface area contributed by atoms with Gasteiger partial charge < -0.3 is 22.2 Å². The second kappa shape index (κ2) is 6.70. The molecule has 24 heavy (non-hydrogen) atoms. The van der Waals surface area contributed by atoms with Crippen LogP contribution in [-0.4, -0.2) is 15.0 Å². The Bertz CT molecular complexity index is 906. The average molecular weight is 318 g/mol. The zero-order chi connectivity index (χ0) is 16.9. The highest BCUT2D eigenvalue weighted by atomic mass is 14.9. The number of aromatic amines is 1. The zero-order valence-electron chi connectivity index (χ0n) is 13.0. The lowest BCUT2D eigenvalue weighted by Gasteiger charge is -1.98. The van der Waals surface area contributed by atoms with Gasteiger partial charge in [-0.3, -0.25) is 0 Å². The quantitative estimate of drug-likeness (QED) is 0.402. The fourth-order valence-corrected chi connectivity index (χ4v) is 2.21. The predicted molar refractivity (Wildman–Crippen MR) is 99.0 cm³/mol. The standard InChI is InChI=1S/C12H10N4.C6H8N2/c13-11-8(4-3-7-14-11)12-15-9-5-1-2-6-10(9)16-12;7-5-3-1-2-4-6(5)8/h1-7H,(H2,13,14)(H,15,16);1-4H,7-8H2. The maximum atomic E-state index is 5.80. The minimum Gasteiger partial charge on any atom is -0.397 e. The van der Waals surface area contributed by atoms with Crippen LogP contribution in [-0.2, 0) is 0 Å². The van der Waals surface area contributed by atoms with E-state index in [4.69, 9.17) is 17.2 Å². The summed E-state index contributed by atoms with van der Waals surface area (Å²) in [6.45, 7) is 0. The number of imidazole rings is 1. The van der Waals surface area contributed by atoms with Crippen molar-refractivity contribution in [3.8, 4) is 11.4 Å². The van der Waals surface area contributed by atoms with Gasteiger partial charge in [0.15, 0.2) is 0 Å². The first-order chi connectivity index (χ1) is 11.6. The van der Waals surface area contributed by atoms with Gasteiger partial charge in [0.05, 0.1) is 28.0 Å². The number of nitrogens with one attached hydrogen (secondary N) is 1. The first-order valence-electron chi connectivity index (χ1n) is 7.41.